The summed E-state index contributed by atoms with van der Waals surface area (Å²) in [5, 5.41) is 19.4. The van der Waals surface area contributed by atoms with Crippen molar-refractivity contribution in [2.75, 3.05) is 0 Å². The molecule has 0 radical (unpaired) electrons. The number of aromatic hydroxyl groups is 1. The van der Waals surface area contributed by atoms with Crippen molar-refractivity contribution in [3.8, 4) is 5.75 Å². The molecule has 0 unspecified atom stereocenters. The highest BCUT2D eigenvalue weighted by molar-refractivity contribution is 5.51. The number of nitrogens with zero attached hydrogens (tertiary/aromatic N) is 2. The van der Waals surface area contributed by atoms with Gasteiger partial charge in [0.25, 0.3) is 6.43 Å². The summed E-state index contributed by atoms with van der Waals surface area (Å²) in [6.45, 7) is 1.12. The molecule has 0 amide bonds. The van der Waals surface area contributed by atoms with Crippen molar-refractivity contribution in [1.29, 1.82) is 0 Å². The van der Waals surface area contributed by atoms with Crippen LogP contribution in [0.4, 0.5) is 14.5 Å². The molecule has 1 aromatic rings. The summed E-state index contributed by atoms with van der Waals surface area (Å²) in [5.74, 6) is -0.711. The lowest BCUT2D eigenvalue weighted by Crippen LogP contribution is -2.00. The van der Waals surface area contributed by atoms with Gasteiger partial charge in [-0.05, 0) is 6.92 Å². The molecule has 0 aliphatic heterocycles. The van der Waals surface area contributed by atoms with Crippen LogP contribution in [0.15, 0.2) is 6.20 Å². The van der Waals surface area contributed by atoms with Gasteiger partial charge in [0.05, 0.1) is 16.7 Å². The molecule has 0 bridgehead atoms. The summed E-state index contributed by atoms with van der Waals surface area (Å²) < 4.78 is 24.5. The molecule has 5 nitrogen and oxygen atoms in total. The largest absolute Gasteiger partial charge is 0.501 e. The Kier molecular flexibility index (Phi) is 2.59. The van der Waals surface area contributed by atoms with Crippen LogP contribution >= 0.6 is 0 Å². The first-order valence-corrected chi connectivity index (χ1v) is 3.56. The van der Waals surface area contributed by atoms with Gasteiger partial charge in [0.2, 0.25) is 5.75 Å². The Morgan fingerprint density at radius 2 is 2.21 bits per heavy atom. The van der Waals surface area contributed by atoms with Crippen LogP contribution in [0.5, 0.6) is 5.75 Å². The lowest BCUT2D eigenvalue weighted by atomic mass is 10.2. The first-order valence-electron chi connectivity index (χ1n) is 3.56. The van der Waals surface area contributed by atoms with Crippen LogP contribution in [0, 0.1) is 17.0 Å². The Labute approximate surface area is 77.2 Å². The van der Waals surface area contributed by atoms with Crippen LogP contribution in [-0.4, -0.2) is 15.0 Å². The Morgan fingerprint density at radius 3 is 2.64 bits per heavy atom. The van der Waals surface area contributed by atoms with Gasteiger partial charge in [0.1, 0.15) is 5.69 Å². The van der Waals surface area contributed by atoms with E-state index in [1.807, 2.05) is 0 Å². The lowest BCUT2D eigenvalue weighted by Gasteiger charge is -2.04. The molecule has 7 heteroatoms. The predicted molar refractivity (Wildman–Crippen MR) is 42.3 cm³/mol. The van der Waals surface area contributed by atoms with Gasteiger partial charge in [-0.2, -0.15) is 0 Å². The number of nitro groups is 1. The molecule has 0 atom stereocenters. The maximum absolute atomic E-state index is 12.2. The van der Waals surface area contributed by atoms with E-state index in [0.717, 1.165) is 6.92 Å². The second-order valence-electron chi connectivity index (χ2n) is 2.56. The number of alkyl halides is 2. The molecule has 0 saturated carbocycles. The minimum absolute atomic E-state index is 0.315. The monoisotopic (exact) mass is 204 g/mol. The number of hydrogen-bond donors (Lipinski definition) is 1. The fraction of sp³-hybridized carbons (Fsp3) is 0.286. The van der Waals surface area contributed by atoms with E-state index in [0.29, 0.717) is 6.20 Å². The quantitative estimate of drug-likeness (QED) is 0.589. The third-order valence-corrected chi connectivity index (χ3v) is 1.70. The third-order valence-electron chi connectivity index (χ3n) is 1.70. The van der Waals surface area contributed by atoms with E-state index in [1.54, 1.807) is 0 Å². The topological polar surface area (TPSA) is 76.3 Å². The summed E-state index contributed by atoms with van der Waals surface area (Å²) in [6, 6.07) is 0. The van der Waals surface area contributed by atoms with Crippen molar-refractivity contribution in [3.63, 3.8) is 0 Å². The Morgan fingerprint density at radius 1 is 1.64 bits per heavy atom. The maximum Gasteiger partial charge on any atom is 0.317 e. The summed E-state index contributed by atoms with van der Waals surface area (Å²) in [7, 11) is 0. The summed E-state index contributed by atoms with van der Waals surface area (Å²) in [4.78, 5) is 12.7. The molecule has 76 valence electrons. The molecule has 0 fully saturated rings. The third kappa shape index (κ3) is 1.61. The molecule has 1 rings (SSSR count). The molecule has 0 spiro atoms. The van der Waals surface area contributed by atoms with Crippen LogP contribution in [-0.2, 0) is 0 Å². The van der Waals surface area contributed by atoms with Gasteiger partial charge in [-0.15, -0.1) is 0 Å². The zero-order valence-electron chi connectivity index (χ0n) is 7.07. The first-order chi connectivity index (χ1) is 6.45. The van der Waals surface area contributed by atoms with E-state index in [2.05, 4.69) is 4.98 Å². The van der Waals surface area contributed by atoms with Crippen LogP contribution in [0.2, 0.25) is 0 Å². The molecule has 1 N–H and O–H groups in total. The van der Waals surface area contributed by atoms with Crippen molar-refractivity contribution >= 4 is 5.69 Å². The second-order valence-corrected chi connectivity index (χ2v) is 2.56. The molecule has 0 aliphatic carbocycles. The van der Waals surface area contributed by atoms with Crippen LogP contribution in [0.25, 0.3) is 0 Å². The van der Waals surface area contributed by atoms with Gasteiger partial charge in [-0.25, -0.2) is 8.78 Å². The van der Waals surface area contributed by atoms with E-state index < -0.39 is 28.5 Å². The Balaban J connectivity index is 3.41. The average molecular weight is 204 g/mol. The van der Waals surface area contributed by atoms with Crippen LogP contribution in [0.1, 0.15) is 17.7 Å². The molecule has 0 saturated heterocycles. The van der Waals surface area contributed by atoms with Gasteiger partial charge in [-0.3, -0.25) is 15.1 Å². The number of pyridine rings is 1. The van der Waals surface area contributed by atoms with E-state index in [9.17, 15) is 18.9 Å². The SMILES string of the molecule is Cc1c(C(F)F)ncc(O)c1[N+](=O)[O-]. The highest BCUT2D eigenvalue weighted by Gasteiger charge is 2.24. The van der Waals surface area contributed by atoms with E-state index in [-0.39, 0.29) is 5.56 Å². The van der Waals surface area contributed by atoms with Crippen molar-refractivity contribution < 1.29 is 18.8 Å². The van der Waals surface area contributed by atoms with Crippen molar-refractivity contribution in [3.05, 3.63) is 27.6 Å². The lowest BCUT2D eigenvalue weighted by molar-refractivity contribution is -0.386. The molecule has 14 heavy (non-hydrogen) atoms. The van der Waals surface area contributed by atoms with Gasteiger partial charge in [0.15, 0.2) is 0 Å². The normalized spacial score (nSPS) is 10.6. The highest BCUT2D eigenvalue weighted by atomic mass is 19.3. The average Bonchev–Trinajstić information content (AvgIpc) is 2.02. The number of hydrogen-bond acceptors (Lipinski definition) is 4. The highest BCUT2D eigenvalue weighted by Crippen LogP contribution is 2.33. The minimum atomic E-state index is -2.89. The Hall–Kier alpha value is -1.79. The molecule has 0 aromatic carbocycles. The van der Waals surface area contributed by atoms with Gasteiger partial charge >= 0.3 is 5.69 Å². The van der Waals surface area contributed by atoms with Gasteiger partial charge in [0, 0.05) is 0 Å². The van der Waals surface area contributed by atoms with Crippen LogP contribution < -0.4 is 0 Å². The van der Waals surface area contributed by atoms with Crippen molar-refractivity contribution in [2.24, 2.45) is 0 Å². The van der Waals surface area contributed by atoms with E-state index in [1.165, 1.54) is 0 Å². The Bertz CT molecular complexity index is 381. The molecule has 1 aromatic heterocycles. The van der Waals surface area contributed by atoms with E-state index in [4.69, 9.17) is 5.11 Å². The number of rotatable bonds is 2. The standard InChI is InChI=1S/C7H6F2N2O3/c1-3-5(7(8)9)10-2-4(12)6(3)11(13)14/h2,7,12H,1H3. The van der Waals surface area contributed by atoms with Crippen molar-refractivity contribution in [1.82, 2.24) is 4.98 Å². The zero-order valence-corrected chi connectivity index (χ0v) is 7.07. The smallest absolute Gasteiger partial charge is 0.317 e. The summed E-state index contributed by atoms with van der Waals surface area (Å²) in [6.07, 6.45) is -2.25. The van der Waals surface area contributed by atoms with Gasteiger partial charge in [-0.1, -0.05) is 0 Å². The summed E-state index contributed by atoms with van der Waals surface area (Å²) >= 11 is 0. The fourth-order valence-corrected chi connectivity index (χ4v) is 1.05. The van der Waals surface area contributed by atoms with Crippen molar-refractivity contribution in [2.45, 2.75) is 13.3 Å². The summed E-state index contributed by atoms with van der Waals surface area (Å²) in [5.41, 5.74) is -1.73. The number of halogens is 2. The molecule has 1 heterocycles. The van der Waals surface area contributed by atoms with Crippen LogP contribution in [0.3, 0.4) is 0 Å². The fourth-order valence-electron chi connectivity index (χ4n) is 1.05. The van der Waals surface area contributed by atoms with E-state index >= 15 is 0 Å². The molecule has 0 aliphatic rings. The second kappa shape index (κ2) is 3.52. The zero-order chi connectivity index (χ0) is 10.9. The maximum atomic E-state index is 12.2. The minimum Gasteiger partial charge on any atom is -0.501 e. The first kappa shape index (κ1) is 10.3. The molecular weight excluding hydrogens is 198 g/mol. The molecular formula is C7H6F2N2O3. The van der Waals surface area contributed by atoms with Gasteiger partial charge < -0.3 is 5.11 Å². The predicted octanol–water partition coefficient (Wildman–Crippen LogP) is 1.94. The number of aromatic nitrogens is 1.